The molecule has 0 bridgehead atoms. The van der Waals surface area contributed by atoms with Crippen molar-refractivity contribution in [2.75, 3.05) is 26.2 Å². The number of rotatable bonds is 4. The lowest BCUT2D eigenvalue weighted by atomic mass is 9.58. The van der Waals surface area contributed by atoms with Gasteiger partial charge in [-0.1, -0.05) is 6.92 Å². The van der Waals surface area contributed by atoms with Crippen LogP contribution in [-0.4, -0.2) is 63.2 Å². The van der Waals surface area contributed by atoms with Gasteiger partial charge in [0.05, 0.1) is 17.3 Å². The maximum absolute atomic E-state index is 12.7. The van der Waals surface area contributed by atoms with Crippen molar-refractivity contribution in [2.24, 2.45) is 11.3 Å². The molecule has 3 aliphatic rings. The summed E-state index contributed by atoms with van der Waals surface area (Å²) >= 11 is 0. The Bertz CT molecular complexity index is 801. The smallest absolute Gasteiger partial charge is 0.347 e. The number of amides is 3. The number of nitrogens with one attached hydrogen (secondary N) is 1. The Morgan fingerprint density at radius 3 is 2.34 bits per heavy atom. The van der Waals surface area contributed by atoms with Gasteiger partial charge in [0.15, 0.2) is 0 Å². The number of carbonyl (C=O) groups excluding carboxylic acids is 2. The first-order valence-electron chi connectivity index (χ1n) is 9.95. The lowest BCUT2D eigenvalue weighted by Gasteiger charge is -2.61. The van der Waals surface area contributed by atoms with Gasteiger partial charge in [-0.25, -0.2) is 4.79 Å². The van der Waals surface area contributed by atoms with Gasteiger partial charge in [0.1, 0.15) is 0 Å². The van der Waals surface area contributed by atoms with E-state index < -0.39 is 11.7 Å². The van der Waals surface area contributed by atoms with Crippen LogP contribution in [0, 0.1) is 11.3 Å². The number of nitrogens with zero attached hydrogens (tertiary/aromatic N) is 4. The first-order chi connectivity index (χ1) is 13.5. The highest BCUT2D eigenvalue weighted by Gasteiger charge is 2.56. The van der Waals surface area contributed by atoms with Crippen LogP contribution in [-0.2, 0) is 17.5 Å². The molecule has 0 radical (unpaired) electrons. The van der Waals surface area contributed by atoms with E-state index in [-0.39, 0.29) is 22.9 Å². The highest BCUT2D eigenvalue weighted by Crippen LogP contribution is 2.52. The molecule has 29 heavy (non-hydrogen) atoms. The molecule has 1 aromatic rings. The molecule has 1 aromatic heterocycles. The predicted octanol–water partition coefficient (Wildman–Crippen LogP) is 2.33. The number of urea groups is 1. The zero-order valence-corrected chi connectivity index (χ0v) is 16.6. The summed E-state index contributed by atoms with van der Waals surface area (Å²) in [6.07, 6.45) is 0.153. The van der Waals surface area contributed by atoms with Crippen LogP contribution in [0.5, 0.6) is 0 Å². The van der Waals surface area contributed by atoms with Crippen LogP contribution in [0.2, 0.25) is 0 Å². The molecule has 1 N–H and O–H groups in total. The van der Waals surface area contributed by atoms with Crippen molar-refractivity contribution in [3.8, 4) is 0 Å². The van der Waals surface area contributed by atoms with E-state index >= 15 is 0 Å². The molecule has 10 heteroatoms. The van der Waals surface area contributed by atoms with E-state index in [1.165, 1.54) is 11.6 Å². The van der Waals surface area contributed by atoms with Gasteiger partial charge in [0.25, 0.3) is 0 Å². The fraction of sp³-hybridized carbons (Fsp3) is 0.737. The van der Waals surface area contributed by atoms with Gasteiger partial charge in [0.2, 0.25) is 5.91 Å². The van der Waals surface area contributed by atoms with Gasteiger partial charge in [-0.05, 0) is 25.2 Å². The van der Waals surface area contributed by atoms with Crippen LogP contribution < -0.4 is 5.32 Å². The maximum atomic E-state index is 12.7. The summed E-state index contributed by atoms with van der Waals surface area (Å²) in [5.74, 6) is 0.214. The SMILES string of the molecule is CCC1(NC(C)=O)CN(C(=O)N2CC3(CC(Cn4cc(C(F)(F)F)cn4)C3)C2)C1. The van der Waals surface area contributed by atoms with Gasteiger partial charge >= 0.3 is 12.2 Å². The molecule has 0 atom stereocenters. The molecule has 3 fully saturated rings. The van der Waals surface area contributed by atoms with E-state index in [9.17, 15) is 22.8 Å². The van der Waals surface area contributed by atoms with Gasteiger partial charge in [-0.15, -0.1) is 0 Å². The number of halogens is 3. The molecule has 2 aliphatic heterocycles. The van der Waals surface area contributed by atoms with Crippen LogP contribution in [0.1, 0.15) is 38.7 Å². The topological polar surface area (TPSA) is 70.5 Å². The van der Waals surface area contributed by atoms with E-state index in [4.69, 9.17) is 0 Å². The zero-order valence-electron chi connectivity index (χ0n) is 16.6. The van der Waals surface area contributed by atoms with E-state index in [0.717, 1.165) is 31.7 Å². The van der Waals surface area contributed by atoms with E-state index in [2.05, 4.69) is 10.4 Å². The third kappa shape index (κ3) is 3.69. The normalized spacial score (nSPS) is 22.7. The number of likely N-dealkylation sites (tertiary alicyclic amines) is 2. The number of hydrogen-bond acceptors (Lipinski definition) is 3. The lowest BCUT2D eigenvalue weighted by molar-refractivity contribution is -0.137. The molecule has 2 saturated heterocycles. The molecule has 0 aromatic carbocycles. The first kappa shape index (κ1) is 20.0. The van der Waals surface area contributed by atoms with Crippen molar-refractivity contribution in [3.05, 3.63) is 18.0 Å². The molecule has 1 saturated carbocycles. The summed E-state index contributed by atoms with van der Waals surface area (Å²) in [6.45, 7) is 6.44. The van der Waals surface area contributed by atoms with Crippen LogP contribution in [0.25, 0.3) is 0 Å². The van der Waals surface area contributed by atoms with Gasteiger partial charge in [0, 0.05) is 51.3 Å². The first-order valence-corrected chi connectivity index (χ1v) is 9.95. The van der Waals surface area contributed by atoms with E-state index in [1.807, 2.05) is 11.8 Å². The Kier molecular flexibility index (Phi) is 4.58. The molecule has 7 nitrogen and oxygen atoms in total. The second kappa shape index (κ2) is 6.63. The van der Waals surface area contributed by atoms with Crippen molar-refractivity contribution in [1.29, 1.82) is 0 Å². The van der Waals surface area contributed by atoms with Gasteiger partial charge in [-0.3, -0.25) is 9.48 Å². The Hall–Kier alpha value is -2.26. The van der Waals surface area contributed by atoms with Crippen molar-refractivity contribution in [1.82, 2.24) is 24.9 Å². The number of aromatic nitrogens is 2. The number of carbonyl (C=O) groups is 2. The maximum Gasteiger partial charge on any atom is 0.419 e. The second-order valence-corrected chi connectivity index (χ2v) is 9.03. The summed E-state index contributed by atoms with van der Waals surface area (Å²) in [7, 11) is 0. The minimum absolute atomic E-state index is 0.00963. The van der Waals surface area contributed by atoms with Crippen LogP contribution in [0.15, 0.2) is 12.4 Å². The van der Waals surface area contributed by atoms with Crippen LogP contribution >= 0.6 is 0 Å². The molecule has 0 unspecified atom stereocenters. The molecule has 3 amide bonds. The summed E-state index contributed by atoms with van der Waals surface area (Å²) in [5.41, 5.74) is -0.904. The minimum Gasteiger partial charge on any atom is -0.347 e. The Morgan fingerprint density at radius 2 is 1.83 bits per heavy atom. The molecule has 4 rings (SSSR count). The quantitative estimate of drug-likeness (QED) is 0.824. The van der Waals surface area contributed by atoms with Crippen molar-refractivity contribution in [3.63, 3.8) is 0 Å². The standard InChI is InChI=1S/C19H26F3N5O2/c1-3-18(24-13(2)28)11-26(12-18)16(29)25-9-17(10-25)4-14(5-17)7-27-8-15(6-23-27)19(20,21)22/h6,8,14H,3-5,7,9-12H2,1-2H3,(H,24,28). The van der Waals surface area contributed by atoms with Crippen LogP contribution in [0.4, 0.5) is 18.0 Å². The monoisotopic (exact) mass is 413 g/mol. The fourth-order valence-electron chi connectivity index (χ4n) is 5.11. The Morgan fingerprint density at radius 1 is 1.21 bits per heavy atom. The Labute approximate surface area is 167 Å². The highest BCUT2D eigenvalue weighted by atomic mass is 19.4. The molecular weight excluding hydrogens is 387 g/mol. The Balaban J connectivity index is 1.21. The van der Waals surface area contributed by atoms with E-state index in [1.54, 1.807) is 4.90 Å². The summed E-state index contributed by atoms with van der Waals surface area (Å²) in [6, 6.07) is 0.00963. The third-order valence-electron chi connectivity index (χ3n) is 6.55. The van der Waals surface area contributed by atoms with Gasteiger partial charge in [-0.2, -0.15) is 18.3 Å². The lowest BCUT2D eigenvalue weighted by Crippen LogP contribution is -2.74. The average Bonchev–Trinajstić information content (AvgIpc) is 2.99. The summed E-state index contributed by atoms with van der Waals surface area (Å²) < 4.78 is 39.3. The second-order valence-electron chi connectivity index (χ2n) is 9.03. The van der Waals surface area contributed by atoms with Crippen molar-refractivity contribution < 1.29 is 22.8 Å². The molecule has 1 spiro atoms. The fourth-order valence-corrected chi connectivity index (χ4v) is 5.11. The molecule has 3 heterocycles. The average molecular weight is 413 g/mol. The van der Waals surface area contributed by atoms with E-state index in [0.29, 0.717) is 38.6 Å². The predicted molar refractivity (Wildman–Crippen MR) is 97.8 cm³/mol. The summed E-state index contributed by atoms with van der Waals surface area (Å²) in [5, 5.41) is 6.77. The molecule has 1 aliphatic carbocycles. The van der Waals surface area contributed by atoms with Crippen molar-refractivity contribution in [2.45, 2.75) is 51.4 Å². The number of hydrogen-bond donors (Lipinski definition) is 1. The number of alkyl halides is 3. The molecule has 160 valence electrons. The largest absolute Gasteiger partial charge is 0.419 e. The third-order valence-corrected chi connectivity index (χ3v) is 6.55. The zero-order chi connectivity index (χ0) is 21.0. The molecular formula is C19H26F3N5O2. The summed E-state index contributed by atoms with van der Waals surface area (Å²) in [4.78, 5) is 27.6. The van der Waals surface area contributed by atoms with Crippen molar-refractivity contribution >= 4 is 11.9 Å². The van der Waals surface area contributed by atoms with Gasteiger partial charge < -0.3 is 15.1 Å². The van der Waals surface area contributed by atoms with Crippen LogP contribution in [0.3, 0.4) is 0 Å². The highest BCUT2D eigenvalue weighted by molar-refractivity contribution is 5.79. The minimum atomic E-state index is -4.36.